The highest BCUT2D eigenvalue weighted by atomic mass is 32.2. The van der Waals surface area contributed by atoms with Crippen molar-refractivity contribution in [1.29, 1.82) is 0 Å². The molecule has 22 aromatic heterocycles. The first-order chi connectivity index (χ1) is 69.1. The lowest BCUT2D eigenvalue weighted by atomic mass is 10.1. The minimum Gasteiger partial charge on any atom is -0.151 e. The van der Waals surface area contributed by atoms with Crippen LogP contribution in [0.4, 0.5) is 0 Å². The van der Waals surface area contributed by atoms with Gasteiger partial charge in [-0.1, -0.05) is 91.0 Å². The Labute approximate surface area is 915 Å². The van der Waals surface area contributed by atoms with Gasteiger partial charge >= 0.3 is 0 Å². The van der Waals surface area contributed by atoms with E-state index < -0.39 is 0 Å². The third-order valence-corrected chi connectivity index (χ3v) is 47.7. The molecule has 0 N–H and O–H groups in total. The molecule has 33 rings (SSSR count). The summed E-state index contributed by atoms with van der Waals surface area (Å²) >= 11 is 41.3. The van der Waals surface area contributed by atoms with Crippen molar-refractivity contribution in [2.75, 3.05) is 0 Å². The van der Waals surface area contributed by atoms with Crippen molar-refractivity contribution in [2.24, 2.45) is 0 Å². The molecule has 29 aromatic rings. The molecule has 22 heterocycles. The fourth-order valence-corrected chi connectivity index (χ4v) is 41.8. The Morgan fingerprint density at radius 1 is 0.190 bits per heavy atom. The summed E-state index contributed by atoms with van der Waals surface area (Å²) in [5.74, 6) is 0. The van der Waals surface area contributed by atoms with Gasteiger partial charge in [0.15, 0.2) is 0 Å². The third kappa shape index (κ3) is 21.9. The van der Waals surface area contributed by atoms with Gasteiger partial charge in [-0.2, -0.15) is 22.7 Å². The standard InChI is InChI=1S/C13H10S.C12H10S.3C11H8S2.2C10H8S2.2C9H6S3.C9H8S.C8H8S.C7H6S2/c1-9-6-12-7-10-4-2-3-5-11(10)8-13(12)14-9;1-8-6-10-7-9-4-2-3-5-11(9)12(10)13-8;1-7-4-9-6-10-8(2-3-12-10)5-11(9)13-7;1-7-4-9-5-8-2-3-12-10(8)6-11(9)13-7;1-7-6-9-8-4-2-3-5-10(8)13-11(9)12-7;1-6-2-7-3-8-4-11-5-9(8)10(7)12-6;1-6-4-8-5-7-2-3-11-9(7)10(8)12-6;1-5-2-6-7-3-10-4-8(7)12-9(6)11-5;1-5-4-7-6-2-3-10-8(6)12-9(7)11-5;1-7-6-8-4-2-3-5-9(8)10-7;1-6-5-7-3-2-4-8(7)9-6;1-5-4-6-2-3-8-7(6)9-5/h2-8H,1H3;2-6H,7H2,1H3;3*2-6H,1H3;2,4-5H,3H2,1H3;2-4H,5H2,1H3;2*2-4H,1H3;2-6H,1H3;2,4-5H,3H2,1H3;2-4H,1H3. The summed E-state index contributed by atoms with van der Waals surface area (Å²) in [7, 11) is 0. The van der Waals surface area contributed by atoms with Gasteiger partial charge in [0.05, 0.1) is 20.1 Å². The molecular weight excluding hydrogens is 2150 g/mol. The highest BCUT2D eigenvalue weighted by Gasteiger charge is 2.25. The highest BCUT2D eigenvalue weighted by Crippen LogP contribution is 2.50. The molecule has 0 saturated heterocycles. The fourth-order valence-electron chi connectivity index (χ4n) is 18.4. The van der Waals surface area contributed by atoms with Crippen molar-refractivity contribution in [3.8, 4) is 30.6 Å². The van der Waals surface area contributed by atoms with E-state index in [1.807, 2.05) is 238 Å². The molecule has 0 radical (unpaired) electrons. The van der Waals surface area contributed by atoms with E-state index in [9.17, 15) is 0 Å². The van der Waals surface area contributed by atoms with Crippen LogP contribution in [0.2, 0.25) is 0 Å². The van der Waals surface area contributed by atoms with E-state index in [1.54, 1.807) is 16.9 Å². The van der Waals surface area contributed by atoms with Crippen molar-refractivity contribution in [1.82, 2.24) is 0 Å². The monoisotopic (exact) mass is 2240 g/mol. The third-order valence-electron chi connectivity index (χ3n) is 24.5. The van der Waals surface area contributed by atoms with Crippen LogP contribution in [0.3, 0.4) is 0 Å². The molecule has 142 heavy (non-hydrogen) atoms. The van der Waals surface area contributed by atoms with Crippen LogP contribution < -0.4 is 0 Å². The summed E-state index contributed by atoms with van der Waals surface area (Å²) in [6.07, 6.45) is 9.06. The first-order valence-corrected chi connectivity index (χ1v) is 65.0. The Kier molecular flexibility index (Phi) is 30.0. The van der Waals surface area contributed by atoms with E-state index in [1.165, 1.54) is 279 Å². The molecule has 0 saturated carbocycles. The molecular formula is C120H94S22. The second kappa shape index (κ2) is 43.4. The summed E-state index contributed by atoms with van der Waals surface area (Å²) in [5, 5.41) is 40.8. The number of hydrogen-bond acceptors (Lipinski definition) is 22. The lowest BCUT2D eigenvalue weighted by Gasteiger charge is -1.96. The molecule has 0 spiro atoms. The number of benzene rings is 7. The van der Waals surface area contributed by atoms with E-state index in [2.05, 4.69) is 380 Å². The fraction of sp³-hybridized carbons (Fsp3) is 0.133. The summed E-state index contributed by atoms with van der Waals surface area (Å²) in [6, 6.07) is 86.4. The highest BCUT2D eigenvalue weighted by molar-refractivity contribution is 7.49. The second-order valence-corrected chi connectivity index (χ2v) is 61.2. The van der Waals surface area contributed by atoms with Crippen molar-refractivity contribution >= 4 is 394 Å². The van der Waals surface area contributed by atoms with Crippen LogP contribution in [0.25, 0.3) is 175 Å². The van der Waals surface area contributed by atoms with Crippen LogP contribution in [0, 0.1) is 83.1 Å². The molecule has 0 nitrogen and oxygen atoms in total. The molecule has 0 atom stereocenters. The van der Waals surface area contributed by atoms with Crippen LogP contribution in [0.15, 0.2) is 291 Å². The number of rotatable bonds is 0. The van der Waals surface area contributed by atoms with E-state index >= 15 is 0 Å². The van der Waals surface area contributed by atoms with E-state index in [0.717, 1.165) is 12.8 Å². The van der Waals surface area contributed by atoms with Crippen LogP contribution in [0.1, 0.15) is 102 Å². The molecule has 7 aromatic carbocycles. The summed E-state index contributed by atoms with van der Waals surface area (Å²) in [5.41, 5.74) is 13.6. The average molecular weight is 2240 g/mol. The quantitative estimate of drug-likeness (QED) is 0.142. The zero-order chi connectivity index (χ0) is 96.9. The summed E-state index contributed by atoms with van der Waals surface area (Å²) < 4.78 is 18.6. The van der Waals surface area contributed by atoms with Crippen molar-refractivity contribution in [3.63, 3.8) is 0 Å². The lowest BCUT2D eigenvalue weighted by molar-refractivity contribution is 1.27. The van der Waals surface area contributed by atoms with Gasteiger partial charge in [0.25, 0.3) is 0 Å². The molecule has 4 aliphatic carbocycles. The minimum atomic E-state index is 1.13. The number of allylic oxidation sites excluding steroid dienone is 1. The molecule has 706 valence electrons. The number of hydrogen-bond donors (Lipinski definition) is 0. The first-order valence-electron chi connectivity index (χ1n) is 46.5. The maximum absolute atomic E-state index is 2.33. The summed E-state index contributed by atoms with van der Waals surface area (Å²) in [4.78, 5) is 24.5. The van der Waals surface area contributed by atoms with Crippen molar-refractivity contribution in [2.45, 2.75) is 109 Å². The molecule has 0 bridgehead atoms. The number of aryl methyl sites for hydroxylation is 12. The van der Waals surface area contributed by atoms with Gasteiger partial charge in [-0.25, -0.2) is 0 Å². The van der Waals surface area contributed by atoms with Crippen LogP contribution >= 0.6 is 249 Å². The Bertz CT molecular complexity index is 9000. The van der Waals surface area contributed by atoms with Gasteiger partial charge in [0.1, 0.15) is 0 Å². The topological polar surface area (TPSA) is 0 Å². The predicted molar refractivity (Wildman–Crippen MR) is 670 cm³/mol. The smallest absolute Gasteiger partial charge is 0.0889 e. The van der Waals surface area contributed by atoms with E-state index in [0.29, 0.717) is 0 Å². The molecule has 22 heteroatoms. The maximum Gasteiger partial charge on any atom is 0.0889 e. The maximum atomic E-state index is 2.33. The van der Waals surface area contributed by atoms with Gasteiger partial charge in [0, 0.05) is 187 Å². The van der Waals surface area contributed by atoms with Gasteiger partial charge in [-0.05, 0) is 379 Å². The zero-order valence-corrected chi connectivity index (χ0v) is 97.6. The van der Waals surface area contributed by atoms with Gasteiger partial charge in [0.2, 0.25) is 0 Å². The molecule has 4 aliphatic rings. The molecule has 0 unspecified atom stereocenters. The Hall–Kier alpha value is -8.68. The average Bonchev–Trinajstić information content (AvgIpc) is 1.62. The molecule has 0 amide bonds. The van der Waals surface area contributed by atoms with Gasteiger partial charge in [-0.15, -0.1) is 227 Å². The van der Waals surface area contributed by atoms with Crippen molar-refractivity contribution < 1.29 is 0 Å². The van der Waals surface area contributed by atoms with E-state index in [-0.39, 0.29) is 0 Å². The van der Waals surface area contributed by atoms with Gasteiger partial charge < -0.3 is 0 Å². The minimum absolute atomic E-state index is 1.13. The Balaban J connectivity index is 0.0000000889. The molecule has 0 aliphatic heterocycles. The first kappa shape index (κ1) is 98.0. The second-order valence-electron chi connectivity index (χ2n) is 35.4. The lowest BCUT2D eigenvalue weighted by Crippen LogP contribution is -1.77. The Morgan fingerprint density at radius 2 is 0.627 bits per heavy atom. The van der Waals surface area contributed by atoms with Crippen LogP contribution in [-0.2, 0) is 25.7 Å². The summed E-state index contributed by atoms with van der Waals surface area (Å²) in [6.45, 7) is 26.0. The van der Waals surface area contributed by atoms with Gasteiger partial charge in [-0.3, -0.25) is 0 Å². The van der Waals surface area contributed by atoms with Crippen LogP contribution in [0.5, 0.6) is 0 Å². The van der Waals surface area contributed by atoms with E-state index in [4.69, 9.17) is 0 Å². The Morgan fingerprint density at radius 3 is 1.32 bits per heavy atom. The zero-order valence-electron chi connectivity index (χ0n) is 79.7. The molecule has 0 fully saturated rings. The largest absolute Gasteiger partial charge is 0.151 e. The van der Waals surface area contributed by atoms with Crippen molar-refractivity contribution in [3.05, 3.63) is 393 Å². The number of fused-ring (bicyclic) bond motifs is 27. The normalized spacial score (nSPS) is 11.9. The van der Waals surface area contributed by atoms with Crippen LogP contribution in [-0.4, -0.2) is 0 Å². The number of thiophene rings is 22. The predicted octanol–water partition coefficient (Wildman–Crippen LogP) is 46.7. The SMILES string of the molecule is Cc1cc2c(s1)-c1ccccc1C2.Cc1cc2c(s1)-c1cscc1C2.Cc1cc2c(s1)-c1sccc1C2.Cc1cc2c(s1)C=CC2.Cc1cc2c(s1)sc1ccccc12.Cc1cc2c(s1)sc1cscc12.Cc1cc2c(s1)sc1sccc12.Cc1cc2cc3ccccc3cc2s1.Cc1cc2cc3ccsc3cc2s1.Cc1cc2cc3sccc3cc2s1.Cc1cc2ccccc2s1.Cc1cc2ccsc2s1.